The van der Waals surface area contributed by atoms with E-state index < -0.39 is 0 Å². The third kappa shape index (κ3) is 1.32. The second-order valence-corrected chi connectivity index (χ2v) is 2.60. The van der Waals surface area contributed by atoms with Gasteiger partial charge in [-0.25, -0.2) is 0 Å². The Hall–Kier alpha value is -0.500. The highest BCUT2D eigenvalue weighted by molar-refractivity contribution is 7.81. The summed E-state index contributed by atoms with van der Waals surface area (Å²) < 4.78 is 2.86. The molecule has 0 amide bonds. The molecule has 10 heavy (non-hydrogen) atoms. The van der Waals surface area contributed by atoms with Crippen LogP contribution in [-0.4, -0.2) is 15.7 Å². The quantitative estimate of drug-likeness (QED) is 0.364. The lowest BCUT2D eigenvalue weighted by Gasteiger charge is -2.06. The summed E-state index contributed by atoms with van der Waals surface area (Å²) in [6.07, 6.45) is 0. The van der Waals surface area contributed by atoms with Crippen LogP contribution in [0.3, 0.4) is 0 Å². The van der Waals surface area contributed by atoms with Crippen molar-refractivity contribution in [3.63, 3.8) is 0 Å². The van der Waals surface area contributed by atoms with Crippen LogP contribution in [0.4, 0.5) is 5.69 Å². The largest absolute Gasteiger partial charge is 0.333 e. The molecule has 0 heterocycles. The Morgan fingerprint density at radius 2 is 1.70 bits per heavy atom. The first-order valence-electron chi connectivity index (χ1n) is 3.22. The van der Waals surface area contributed by atoms with Gasteiger partial charge in [-0.15, -0.1) is 0 Å². The fourth-order valence-electron chi connectivity index (χ4n) is 0.991. The number of nitrogens with one attached hydrogen (secondary N) is 1. The van der Waals surface area contributed by atoms with Gasteiger partial charge in [0.25, 0.3) is 0 Å². The molecule has 1 rings (SSSR count). The average Bonchev–Trinajstić information content (AvgIpc) is 1.88. The molecule has 0 atom stereocenters. The van der Waals surface area contributed by atoms with Crippen molar-refractivity contribution in [2.24, 2.45) is 0 Å². The third-order valence-electron chi connectivity index (χ3n) is 1.59. The minimum Gasteiger partial charge on any atom is -0.333 e. The molecule has 1 aromatic rings. The average molecular weight is 149 g/mol. The van der Waals surface area contributed by atoms with Gasteiger partial charge in [-0.1, -0.05) is 41.9 Å². The van der Waals surface area contributed by atoms with Gasteiger partial charge in [0.1, 0.15) is 15.7 Å². The SMILES string of the molecule is Bc1cccc(B)c1NS. The highest BCUT2D eigenvalue weighted by Crippen LogP contribution is 1.97. The lowest BCUT2D eigenvalue weighted by atomic mass is 9.85. The number of benzene rings is 1. The van der Waals surface area contributed by atoms with Crippen LogP contribution in [0.25, 0.3) is 0 Å². The van der Waals surface area contributed by atoms with E-state index in [1.54, 1.807) is 0 Å². The lowest BCUT2D eigenvalue weighted by molar-refractivity contribution is 1.80. The van der Waals surface area contributed by atoms with Crippen LogP contribution in [0.15, 0.2) is 18.2 Å². The minimum atomic E-state index is 1.12. The first-order valence-corrected chi connectivity index (χ1v) is 3.66. The smallest absolute Gasteiger partial charge is 0.142 e. The van der Waals surface area contributed by atoms with E-state index in [-0.39, 0.29) is 0 Å². The molecule has 0 aromatic heterocycles. The van der Waals surface area contributed by atoms with Crippen LogP contribution in [-0.2, 0) is 0 Å². The van der Waals surface area contributed by atoms with Gasteiger partial charge in [0, 0.05) is 5.69 Å². The number of anilines is 1. The van der Waals surface area contributed by atoms with Gasteiger partial charge in [-0.3, -0.25) is 0 Å². The van der Waals surface area contributed by atoms with Crippen LogP contribution >= 0.6 is 12.8 Å². The normalized spacial score (nSPS) is 9.30. The first kappa shape index (κ1) is 7.61. The van der Waals surface area contributed by atoms with Gasteiger partial charge in [0.2, 0.25) is 0 Å². The van der Waals surface area contributed by atoms with Gasteiger partial charge >= 0.3 is 0 Å². The van der Waals surface area contributed by atoms with Gasteiger partial charge in [-0.05, 0) is 0 Å². The maximum Gasteiger partial charge on any atom is 0.142 e. The summed E-state index contributed by atoms with van der Waals surface area (Å²) in [5, 5.41) is 0. The lowest BCUT2D eigenvalue weighted by Crippen LogP contribution is -2.18. The maximum atomic E-state index is 4.00. The molecule has 1 aromatic carbocycles. The molecule has 0 fully saturated rings. The summed E-state index contributed by atoms with van der Waals surface area (Å²) >= 11 is 4.00. The Kier molecular flexibility index (Phi) is 2.33. The summed E-state index contributed by atoms with van der Waals surface area (Å²) in [4.78, 5) is 0. The third-order valence-corrected chi connectivity index (χ3v) is 1.82. The zero-order valence-electron chi connectivity index (χ0n) is 6.18. The van der Waals surface area contributed by atoms with Crippen molar-refractivity contribution in [1.82, 2.24) is 0 Å². The standard InChI is InChI=1S/C6H9B2NS/c7-4-2-1-3-5(8)6(4)9-10/h1-3,9-10H,7-8H2. The molecule has 50 valence electrons. The molecule has 0 bridgehead atoms. The summed E-state index contributed by atoms with van der Waals surface area (Å²) in [7, 11) is 4.12. The van der Waals surface area contributed by atoms with Crippen molar-refractivity contribution >= 4 is 45.1 Å². The molecule has 0 aliphatic carbocycles. The van der Waals surface area contributed by atoms with Gasteiger partial charge in [-0.2, -0.15) is 0 Å². The summed E-state index contributed by atoms with van der Waals surface area (Å²) in [5.74, 6) is 0. The van der Waals surface area contributed by atoms with Crippen LogP contribution in [0, 0.1) is 0 Å². The Balaban J connectivity index is 3.17. The minimum absolute atomic E-state index is 1.12. The Morgan fingerprint density at radius 1 is 1.20 bits per heavy atom. The second kappa shape index (κ2) is 3.06. The van der Waals surface area contributed by atoms with Crippen molar-refractivity contribution in [3.05, 3.63) is 18.2 Å². The van der Waals surface area contributed by atoms with E-state index >= 15 is 0 Å². The zero-order valence-corrected chi connectivity index (χ0v) is 7.07. The number of hydrogen-bond donors (Lipinski definition) is 2. The molecule has 0 aliphatic heterocycles. The van der Waals surface area contributed by atoms with E-state index in [4.69, 9.17) is 0 Å². The van der Waals surface area contributed by atoms with Crippen LogP contribution in [0.5, 0.6) is 0 Å². The van der Waals surface area contributed by atoms with E-state index in [9.17, 15) is 0 Å². The van der Waals surface area contributed by atoms with E-state index in [1.165, 1.54) is 10.9 Å². The predicted molar refractivity (Wildman–Crippen MR) is 55.4 cm³/mol. The number of para-hydroxylation sites is 1. The number of thiol groups is 1. The Morgan fingerprint density at radius 3 is 2.00 bits per heavy atom. The van der Waals surface area contributed by atoms with Gasteiger partial charge < -0.3 is 4.72 Å². The monoisotopic (exact) mass is 149 g/mol. The number of rotatable bonds is 1. The van der Waals surface area contributed by atoms with Crippen LogP contribution < -0.4 is 15.6 Å². The van der Waals surface area contributed by atoms with Crippen LogP contribution in [0.1, 0.15) is 0 Å². The van der Waals surface area contributed by atoms with Crippen molar-refractivity contribution in [2.75, 3.05) is 4.72 Å². The van der Waals surface area contributed by atoms with E-state index in [1.807, 2.05) is 6.07 Å². The van der Waals surface area contributed by atoms with Gasteiger partial charge in [0.15, 0.2) is 0 Å². The summed E-state index contributed by atoms with van der Waals surface area (Å²) in [6.45, 7) is 0. The second-order valence-electron chi connectivity index (χ2n) is 2.38. The van der Waals surface area contributed by atoms with E-state index in [0.29, 0.717) is 0 Å². The molecule has 0 unspecified atom stereocenters. The zero-order chi connectivity index (χ0) is 7.56. The molecular formula is C6H9B2NS. The van der Waals surface area contributed by atoms with Crippen molar-refractivity contribution < 1.29 is 0 Å². The molecule has 0 saturated heterocycles. The molecule has 1 nitrogen and oxygen atoms in total. The number of hydrogen-bond acceptors (Lipinski definition) is 2. The fraction of sp³-hybridized carbons (Fsp3) is 0. The molecule has 0 aliphatic rings. The summed E-state index contributed by atoms with van der Waals surface area (Å²) in [6, 6.07) is 6.16. The molecule has 0 saturated carbocycles. The van der Waals surface area contributed by atoms with E-state index in [0.717, 1.165) is 5.69 Å². The Labute approximate surface area is 68.6 Å². The fourth-order valence-corrected chi connectivity index (χ4v) is 1.34. The van der Waals surface area contributed by atoms with Crippen molar-refractivity contribution in [2.45, 2.75) is 0 Å². The highest BCUT2D eigenvalue weighted by Gasteiger charge is 1.96. The van der Waals surface area contributed by atoms with E-state index in [2.05, 4.69) is 45.4 Å². The topological polar surface area (TPSA) is 12.0 Å². The molecule has 0 radical (unpaired) electrons. The molecule has 4 heteroatoms. The first-order chi connectivity index (χ1) is 4.75. The molecular weight excluding hydrogens is 140 g/mol. The molecule has 0 spiro atoms. The van der Waals surface area contributed by atoms with Crippen molar-refractivity contribution in [3.8, 4) is 0 Å². The molecule has 1 N–H and O–H groups in total. The summed E-state index contributed by atoms with van der Waals surface area (Å²) in [5.41, 5.74) is 3.58. The highest BCUT2D eigenvalue weighted by atomic mass is 32.1. The maximum absolute atomic E-state index is 4.00. The Bertz CT molecular complexity index is 219. The van der Waals surface area contributed by atoms with Crippen LogP contribution in [0.2, 0.25) is 0 Å². The predicted octanol–water partition coefficient (Wildman–Crippen LogP) is -1.54. The van der Waals surface area contributed by atoms with Crippen molar-refractivity contribution in [1.29, 1.82) is 0 Å². The van der Waals surface area contributed by atoms with Gasteiger partial charge in [0.05, 0.1) is 0 Å².